The van der Waals surface area contributed by atoms with Crippen LogP contribution in [0.2, 0.25) is 5.02 Å². The lowest BCUT2D eigenvalue weighted by Gasteiger charge is -2.14. The van der Waals surface area contributed by atoms with Gasteiger partial charge in [-0.05, 0) is 30.7 Å². The molecule has 1 aromatic heterocycles. The van der Waals surface area contributed by atoms with Crippen LogP contribution in [0, 0.1) is 5.82 Å². The second-order valence-electron chi connectivity index (χ2n) is 6.26. The number of carbonyl (C=O) groups is 1. The number of carbonyl (C=O) groups excluding carboxylic acids is 1. The van der Waals surface area contributed by atoms with Crippen LogP contribution in [0.25, 0.3) is 11.4 Å². The fourth-order valence-electron chi connectivity index (χ4n) is 2.82. The van der Waals surface area contributed by atoms with Crippen molar-refractivity contribution in [2.75, 3.05) is 12.4 Å². The van der Waals surface area contributed by atoms with Gasteiger partial charge in [-0.25, -0.2) is 9.37 Å². The number of hydrogen-bond donors (Lipinski definition) is 1. The first-order valence-corrected chi connectivity index (χ1v) is 9.29. The van der Waals surface area contributed by atoms with Gasteiger partial charge in [0.1, 0.15) is 12.4 Å². The van der Waals surface area contributed by atoms with Crippen LogP contribution in [0.1, 0.15) is 12.6 Å². The molecule has 0 unspecified atom stereocenters. The zero-order valence-corrected chi connectivity index (χ0v) is 16.7. The fraction of sp³-hybridized carbons (Fsp3) is 0.190. The van der Waals surface area contributed by atoms with Gasteiger partial charge in [0.25, 0.3) is 5.56 Å². The van der Waals surface area contributed by atoms with Gasteiger partial charge in [-0.2, -0.15) is 0 Å². The third-order valence-corrected chi connectivity index (χ3v) is 4.48. The number of anilines is 1. The number of hydrogen-bond acceptors (Lipinski definition) is 4. The quantitative estimate of drug-likeness (QED) is 0.662. The maximum absolute atomic E-state index is 13.8. The highest BCUT2D eigenvalue weighted by Gasteiger charge is 2.15. The predicted molar refractivity (Wildman–Crippen MR) is 110 cm³/mol. The van der Waals surface area contributed by atoms with Crippen LogP contribution in [0.4, 0.5) is 10.1 Å². The number of methoxy groups -OCH3 is 1. The van der Waals surface area contributed by atoms with Crippen LogP contribution >= 0.6 is 11.6 Å². The van der Waals surface area contributed by atoms with E-state index in [0.29, 0.717) is 28.5 Å². The van der Waals surface area contributed by atoms with Crippen LogP contribution in [0.15, 0.2) is 53.3 Å². The number of aryl methyl sites for hydroxylation is 1. The molecule has 8 heteroatoms. The molecule has 29 heavy (non-hydrogen) atoms. The lowest BCUT2D eigenvalue weighted by Crippen LogP contribution is -2.30. The molecule has 150 valence electrons. The number of nitrogens with zero attached hydrogens (tertiary/aromatic N) is 2. The highest BCUT2D eigenvalue weighted by atomic mass is 35.5. The van der Waals surface area contributed by atoms with Gasteiger partial charge < -0.3 is 10.1 Å². The second kappa shape index (κ2) is 8.87. The van der Waals surface area contributed by atoms with E-state index in [9.17, 15) is 14.0 Å². The minimum Gasteiger partial charge on any atom is -0.494 e. The number of ether oxygens (including phenoxy) is 1. The predicted octanol–water partition coefficient (Wildman–Crippen LogP) is 3.91. The molecule has 3 rings (SSSR count). The average Bonchev–Trinajstić information content (AvgIpc) is 2.69. The summed E-state index contributed by atoms with van der Waals surface area (Å²) in [5.41, 5.74) is 1.12. The van der Waals surface area contributed by atoms with E-state index in [4.69, 9.17) is 16.3 Å². The Morgan fingerprint density at radius 2 is 2.03 bits per heavy atom. The molecule has 0 bridgehead atoms. The van der Waals surface area contributed by atoms with Gasteiger partial charge in [0, 0.05) is 34.1 Å². The summed E-state index contributed by atoms with van der Waals surface area (Å²) in [6.07, 6.45) is 0.570. The number of rotatable bonds is 6. The van der Waals surface area contributed by atoms with Crippen LogP contribution in [-0.2, 0) is 17.8 Å². The first kappa shape index (κ1) is 20.5. The summed E-state index contributed by atoms with van der Waals surface area (Å²) < 4.78 is 20.0. The minimum atomic E-state index is -0.601. The van der Waals surface area contributed by atoms with Crippen molar-refractivity contribution in [2.24, 2.45) is 0 Å². The zero-order valence-electron chi connectivity index (χ0n) is 15.9. The van der Waals surface area contributed by atoms with Gasteiger partial charge in [-0.3, -0.25) is 14.2 Å². The van der Waals surface area contributed by atoms with Crippen molar-refractivity contribution in [3.8, 4) is 17.1 Å². The number of nitrogens with one attached hydrogen (secondary N) is 1. The van der Waals surface area contributed by atoms with E-state index in [1.54, 1.807) is 24.3 Å². The Balaban J connectivity index is 1.93. The molecule has 3 aromatic rings. The molecule has 6 nitrogen and oxygen atoms in total. The van der Waals surface area contributed by atoms with E-state index < -0.39 is 11.7 Å². The van der Waals surface area contributed by atoms with Crippen LogP contribution in [-0.4, -0.2) is 22.6 Å². The van der Waals surface area contributed by atoms with Gasteiger partial charge in [-0.15, -0.1) is 0 Å². The monoisotopic (exact) mass is 415 g/mol. The maximum Gasteiger partial charge on any atom is 0.254 e. The molecule has 0 saturated carbocycles. The average molecular weight is 416 g/mol. The molecule has 0 saturated heterocycles. The molecule has 0 spiro atoms. The summed E-state index contributed by atoms with van der Waals surface area (Å²) in [4.78, 5) is 29.7. The molecule has 0 aliphatic rings. The summed E-state index contributed by atoms with van der Waals surface area (Å²) in [6, 6.07) is 12.4. The summed E-state index contributed by atoms with van der Waals surface area (Å²) in [5.74, 6) is -0.684. The summed E-state index contributed by atoms with van der Waals surface area (Å²) in [5, 5.41) is 3.07. The lowest BCUT2D eigenvalue weighted by atomic mass is 10.2. The van der Waals surface area contributed by atoms with E-state index in [0.717, 1.165) is 6.07 Å². The van der Waals surface area contributed by atoms with Gasteiger partial charge in [0.05, 0.1) is 7.11 Å². The first-order valence-electron chi connectivity index (χ1n) is 8.91. The van der Waals surface area contributed by atoms with E-state index in [-0.39, 0.29) is 23.5 Å². The van der Waals surface area contributed by atoms with Crippen molar-refractivity contribution in [3.63, 3.8) is 0 Å². The highest BCUT2D eigenvalue weighted by Crippen LogP contribution is 2.22. The highest BCUT2D eigenvalue weighted by molar-refractivity contribution is 6.30. The molecule has 0 aliphatic carbocycles. The van der Waals surface area contributed by atoms with Crippen LogP contribution in [0.5, 0.6) is 5.75 Å². The Bertz CT molecular complexity index is 1110. The molecule has 0 aliphatic heterocycles. The maximum atomic E-state index is 13.8. The van der Waals surface area contributed by atoms with E-state index in [1.807, 2.05) is 6.92 Å². The summed E-state index contributed by atoms with van der Waals surface area (Å²) in [6.45, 7) is 1.60. The normalized spacial score (nSPS) is 10.6. The Morgan fingerprint density at radius 3 is 2.69 bits per heavy atom. The molecular weight excluding hydrogens is 397 g/mol. The zero-order chi connectivity index (χ0) is 21.0. The van der Waals surface area contributed by atoms with Gasteiger partial charge >= 0.3 is 0 Å². The first-order chi connectivity index (χ1) is 13.9. The van der Waals surface area contributed by atoms with E-state index in [1.165, 1.54) is 29.9 Å². The minimum absolute atomic E-state index is 0.0711. The van der Waals surface area contributed by atoms with Crippen LogP contribution < -0.4 is 15.6 Å². The standard InChI is InChI=1S/C21H19ClFN3O3/c1-3-15-11-20(28)26(21(25-15)13-5-4-6-14(22)9-13)12-19(27)24-16-7-8-18(29-2)17(23)10-16/h4-11H,3,12H2,1-2H3,(H,24,27). The Hall–Kier alpha value is -3.19. The molecule has 0 fully saturated rings. The summed E-state index contributed by atoms with van der Waals surface area (Å²) in [7, 11) is 1.35. The van der Waals surface area contributed by atoms with Crippen molar-refractivity contribution in [2.45, 2.75) is 19.9 Å². The molecule has 1 heterocycles. The molecule has 0 radical (unpaired) electrons. The van der Waals surface area contributed by atoms with Crippen molar-refractivity contribution in [1.29, 1.82) is 0 Å². The number of benzene rings is 2. The SMILES string of the molecule is CCc1cc(=O)n(CC(=O)Nc2ccc(OC)c(F)c2)c(-c2cccc(Cl)c2)n1. The van der Waals surface area contributed by atoms with Crippen LogP contribution in [0.3, 0.4) is 0 Å². The van der Waals surface area contributed by atoms with E-state index >= 15 is 0 Å². The third kappa shape index (κ3) is 4.81. The molecule has 0 atom stereocenters. The Morgan fingerprint density at radius 1 is 1.24 bits per heavy atom. The van der Waals surface area contributed by atoms with E-state index in [2.05, 4.69) is 10.3 Å². The van der Waals surface area contributed by atoms with Crippen molar-refractivity contribution < 1.29 is 13.9 Å². The summed E-state index contributed by atoms with van der Waals surface area (Å²) >= 11 is 6.07. The largest absolute Gasteiger partial charge is 0.494 e. The lowest BCUT2D eigenvalue weighted by molar-refractivity contribution is -0.116. The van der Waals surface area contributed by atoms with Crippen molar-refractivity contribution >= 4 is 23.2 Å². The fourth-order valence-corrected chi connectivity index (χ4v) is 3.01. The van der Waals surface area contributed by atoms with Gasteiger partial charge in [0.15, 0.2) is 11.6 Å². The smallest absolute Gasteiger partial charge is 0.254 e. The molecule has 1 amide bonds. The van der Waals surface area contributed by atoms with Gasteiger partial charge in [0.2, 0.25) is 5.91 Å². The van der Waals surface area contributed by atoms with Crippen molar-refractivity contribution in [1.82, 2.24) is 9.55 Å². The molecule has 2 aromatic carbocycles. The third-order valence-electron chi connectivity index (χ3n) is 4.24. The second-order valence-corrected chi connectivity index (χ2v) is 6.69. The number of amides is 1. The van der Waals surface area contributed by atoms with Crippen molar-refractivity contribution in [3.05, 3.63) is 75.4 Å². The molecule has 1 N–H and O–H groups in total. The molecular formula is C21H19ClFN3O3. The number of aromatic nitrogens is 2. The number of halogens is 2. The topological polar surface area (TPSA) is 73.2 Å². The Labute approximate surface area is 171 Å². The Kier molecular flexibility index (Phi) is 6.29. The van der Waals surface area contributed by atoms with Gasteiger partial charge in [-0.1, -0.05) is 30.7 Å².